The lowest BCUT2D eigenvalue weighted by molar-refractivity contribution is -0.397. The van der Waals surface area contributed by atoms with Gasteiger partial charge in [0.2, 0.25) is 0 Å². The molecule has 0 fully saturated rings. The standard InChI is InChI=1S/C9H15N3O4/c1-2-9(6-13,7-14)5-11-4-3-10-8(11)12(15)16/h3-4,13-14H,2,5-7H2,1H3. The molecule has 0 aliphatic heterocycles. The van der Waals surface area contributed by atoms with Crippen LogP contribution in [0.25, 0.3) is 0 Å². The number of aromatic nitrogens is 2. The zero-order chi connectivity index (χ0) is 12.2. The van der Waals surface area contributed by atoms with E-state index in [-0.39, 0.29) is 25.7 Å². The van der Waals surface area contributed by atoms with E-state index >= 15 is 0 Å². The summed E-state index contributed by atoms with van der Waals surface area (Å²) in [6, 6.07) is 0. The molecule has 0 bridgehead atoms. The minimum atomic E-state index is -0.745. The maximum atomic E-state index is 10.6. The Kier molecular flexibility index (Phi) is 3.97. The minimum Gasteiger partial charge on any atom is -0.396 e. The number of aliphatic hydroxyl groups excluding tert-OH is 2. The molecule has 7 nitrogen and oxygen atoms in total. The van der Waals surface area contributed by atoms with Crippen molar-refractivity contribution in [1.82, 2.24) is 9.55 Å². The van der Waals surface area contributed by atoms with Crippen molar-refractivity contribution < 1.29 is 15.1 Å². The van der Waals surface area contributed by atoms with Crippen LogP contribution in [-0.4, -0.2) is 37.9 Å². The fraction of sp³-hybridized carbons (Fsp3) is 0.667. The summed E-state index contributed by atoms with van der Waals surface area (Å²) in [7, 11) is 0. The fourth-order valence-electron chi connectivity index (χ4n) is 1.44. The van der Waals surface area contributed by atoms with Gasteiger partial charge in [0.15, 0.2) is 0 Å². The molecular formula is C9H15N3O4. The first kappa shape index (κ1) is 12.6. The van der Waals surface area contributed by atoms with Crippen molar-refractivity contribution in [3.8, 4) is 0 Å². The molecule has 1 heterocycles. The van der Waals surface area contributed by atoms with Crippen LogP contribution in [0.5, 0.6) is 0 Å². The highest BCUT2D eigenvalue weighted by molar-refractivity contribution is 5.07. The topological polar surface area (TPSA) is 101 Å². The van der Waals surface area contributed by atoms with Crippen molar-refractivity contribution in [2.45, 2.75) is 19.9 Å². The molecule has 16 heavy (non-hydrogen) atoms. The SMILES string of the molecule is CCC(CO)(CO)Cn1ccnc1[N+](=O)[O-]. The third-order valence-electron chi connectivity index (χ3n) is 2.78. The smallest absolute Gasteiger partial charge is 0.396 e. The third kappa shape index (κ3) is 2.37. The third-order valence-corrected chi connectivity index (χ3v) is 2.78. The average Bonchev–Trinajstić information content (AvgIpc) is 2.74. The van der Waals surface area contributed by atoms with Gasteiger partial charge in [0.05, 0.1) is 19.8 Å². The summed E-state index contributed by atoms with van der Waals surface area (Å²) < 4.78 is 1.33. The van der Waals surface area contributed by atoms with E-state index in [1.54, 1.807) is 0 Å². The van der Waals surface area contributed by atoms with Crippen LogP contribution in [0.1, 0.15) is 13.3 Å². The van der Waals surface area contributed by atoms with Gasteiger partial charge >= 0.3 is 5.95 Å². The van der Waals surface area contributed by atoms with E-state index in [4.69, 9.17) is 0 Å². The molecule has 0 unspecified atom stereocenters. The Balaban J connectivity index is 2.93. The molecule has 0 radical (unpaired) electrons. The van der Waals surface area contributed by atoms with Crippen molar-refractivity contribution >= 4 is 5.95 Å². The van der Waals surface area contributed by atoms with Gasteiger partial charge in [-0.2, -0.15) is 0 Å². The molecule has 0 saturated heterocycles. The van der Waals surface area contributed by atoms with Gasteiger partial charge < -0.3 is 20.3 Å². The Morgan fingerprint density at radius 2 is 2.19 bits per heavy atom. The molecule has 0 aliphatic carbocycles. The second-order valence-electron chi connectivity index (χ2n) is 3.78. The maximum absolute atomic E-state index is 10.6. The number of hydrogen-bond donors (Lipinski definition) is 2. The molecule has 0 aromatic carbocycles. The van der Waals surface area contributed by atoms with Crippen LogP contribution in [0, 0.1) is 15.5 Å². The minimum absolute atomic E-state index is 0.173. The van der Waals surface area contributed by atoms with Crippen molar-refractivity contribution in [3.63, 3.8) is 0 Å². The molecule has 90 valence electrons. The van der Waals surface area contributed by atoms with E-state index in [0.717, 1.165) is 0 Å². The van der Waals surface area contributed by atoms with Crippen LogP contribution in [0.4, 0.5) is 5.95 Å². The fourth-order valence-corrected chi connectivity index (χ4v) is 1.44. The van der Waals surface area contributed by atoms with Gasteiger partial charge in [0, 0.05) is 5.41 Å². The second kappa shape index (κ2) is 5.04. The largest absolute Gasteiger partial charge is 0.434 e. The van der Waals surface area contributed by atoms with E-state index in [0.29, 0.717) is 6.42 Å². The lowest BCUT2D eigenvalue weighted by Crippen LogP contribution is -2.34. The number of imidazole rings is 1. The zero-order valence-electron chi connectivity index (χ0n) is 9.04. The highest BCUT2D eigenvalue weighted by Crippen LogP contribution is 2.25. The zero-order valence-corrected chi connectivity index (χ0v) is 9.04. The lowest BCUT2D eigenvalue weighted by atomic mass is 9.87. The molecule has 0 atom stereocenters. The summed E-state index contributed by atoms with van der Waals surface area (Å²) in [4.78, 5) is 13.6. The first-order valence-corrected chi connectivity index (χ1v) is 4.96. The highest BCUT2D eigenvalue weighted by Gasteiger charge is 2.31. The van der Waals surface area contributed by atoms with Crippen LogP contribution in [0.15, 0.2) is 12.4 Å². The summed E-state index contributed by atoms with van der Waals surface area (Å²) in [5, 5.41) is 29.1. The van der Waals surface area contributed by atoms with Crippen molar-refractivity contribution in [1.29, 1.82) is 0 Å². The second-order valence-corrected chi connectivity index (χ2v) is 3.78. The summed E-state index contributed by atoms with van der Waals surface area (Å²) >= 11 is 0. The van der Waals surface area contributed by atoms with Gasteiger partial charge in [0.25, 0.3) is 0 Å². The number of aliphatic hydroxyl groups is 2. The van der Waals surface area contributed by atoms with Gasteiger partial charge in [-0.05, 0) is 11.3 Å². The van der Waals surface area contributed by atoms with Crippen molar-refractivity contribution in [3.05, 3.63) is 22.5 Å². The van der Waals surface area contributed by atoms with E-state index in [2.05, 4.69) is 4.98 Å². The maximum Gasteiger partial charge on any atom is 0.434 e. The number of nitrogens with zero attached hydrogens (tertiary/aromatic N) is 3. The molecule has 1 rings (SSSR count). The Morgan fingerprint density at radius 3 is 2.62 bits per heavy atom. The molecule has 0 amide bonds. The van der Waals surface area contributed by atoms with E-state index in [9.17, 15) is 20.3 Å². The molecule has 0 spiro atoms. The first-order chi connectivity index (χ1) is 7.58. The monoisotopic (exact) mass is 229 g/mol. The Hall–Kier alpha value is -1.47. The van der Waals surface area contributed by atoms with E-state index in [1.807, 2.05) is 6.92 Å². The summed E-state index contributed by atoms with van der Waals surface area (Å²) in [5.41, 5.74) is -0.745. The Labute approximate surface area is 92.5 Å². The first-order valence-electron chi connectivity index (χ1n) is 4.96. The average molecular weight is 229 g/mol. The molecule has 1 aromatic heterocycles. The van der Waals surface area contributed by atoms with Crippen molar-refractivity contribution in [2.24, 2.45) is 5.41 Å². The van der Waals surface area contributed by atoms with Crippen LogP contribution < -0.4 is 0 Å². The van der Waals surface area contributed by atoms with Gasteiger partial charge in [-0.1, -0.05) is 11.9 Å². The number of nitro groups is 1. The molecule has 1 aromatic rings. The Bertz CT molecular complexity index is 351. The van der Waals surface area contributed by atoms with Gasteiger partial charge in [-0.25, -0.2) is 4.57 Å². The summed E-state index contributed by atoms with van der Waals surface area (Å²) in [5.74, 6) is -0.278. The molecule has 7 heteroatoms. The van der Waals surface area contributed by atoms with E-state index < -0.39 is 10.3 Å². The van der Waals surface area contributed by atoms with Crippen molar-refractivity contribution in [2.75, 3.05) is 13.2 Å². The quantitative estimate of drug-likeness (QED) is 0.535. The predicted octanol–water partition coefficient (Wildman–Crippen LogP) is 0.172. The van der Waals surface area contributed by atoms with Crippen LogP contribution in [-0.2, 0) is 6.54 Å². The van der Waals surface area contributed by atoms with Gasteiger partial charge in [-0.3, -0.25) is 0 Å². The summed E-state index contributed by atoms with van der Waals surface area (Å²) in [6.07, 6.45) is 3.32. The van der Waals surface area contributed by atoms with Crippen LogP contribution >= 0.6 is 0 Å². The van der Waals surface area contributed by atoms with Crippen LogP contribution in [0.3, 0.4) is 0 Å². The van der Waals surface area contributed by atoms with E-state index in [1.165, 1.54) is 17.0 Å². The van der Waals surface area contributed by atoms with Gasteiger partial charge in [0.1, 0.15) is 12.4 Å². The Morgan fingerprint density at radius 1 is 1.56 bits per heavy atom. The highest BCUT2D eigenvalue weighted by atomic mass is 16.6. The lowest BCUT2D eigenvalue weighted by Gasteiger charge is -2.26. The molecule has 0 saturated carbocycles. The normalized spacial score (nSPS) is 11.7. The summed E-state index contributed by atoms with van der Waals surface area (Å²) in [6.45, 7) is 1.53. The van der Waals surface area contributed by atoms with Gasteiger partial charge in [-0.15, -0.1) is 0 Å². The van der Waals surface area contributed by atoms with Crippen LogP contribution in [0.2, 0.25) is 0 Å². The number of hydrogen-bond acceptors (Lipinski definition) is 5. The number of rotatable bonds is 6. The predicted molar refractivity (Wildman–Crippen MR) is 55.8 cm³/mol. The molecule has 0 aliphatic rings. The molecular weight excluding hydrogens is 214 g/mol. The molecule has 2 N–H and O–H groups in total.